The van der Waals surface area contributed by atoms with Crippen LogP contribution in [0.3, 0.4) is 0 Å². The third-order valence-electron chi connectivity index (χ3n) is 3.25. The second-order valence-electron chi connectivity index (χ2n) is 4.84. The molecule has 0 radical (unpaired) electrons. The summed E-state index contributed by atoms with van der Waals surface area (Å²) in [5, 5.41) is 0.464. The van der Waals surface area contributed by atoms with Gasteiger partial charge in [0.2, 0.25) is 0 Å². The van der Waals surface area contributed by atoms with Gasteiger partial charge in [0.15, 0.2) is 0 Å². The fourth-order valence-electron chi connectivity index (χ4n) is 2.13. The summed E-state index contributed by atoms with van der Waals surface area (Å²) < 4.78 is 12.3. The molecule has 1 N–H and O–H groups in total. The van der Waals surface area contributed by atoms with Gasteiger partial charge in [0.05, 0.1) is 0 Å². The monoisotopic (exact) mass is 382 g/mol. The molecule has 0 saturated carbocycles. The van der Waals surface area contributed by atoms with E-state index in [9.17, 15) is 14.4 Å². The number of hydrogen-bond acceptors (Lipinski definition) is 5. The molecule has 2 heterocycles. The Bertz CT molecular complexity index is 801. The van der Waals surface area contributed by atoms with Gasteiger partial charge in [-0.15, -0.1) is 0 Å². The number of rotatable bonds is 4. The number of carbonyl (C=O) groups is 1. The molecule has 1 aliphatic rings. The van der Waals surface area contributed by atoms with E-state index >= 15 is 0 Å². The van der Waals surface area contributed by atoms with Crippen LogP contribution >= 0.6 is 0 Å². The van der Waals surface area contributed by atoms with E-state index in [0.29, 0.717) is 10.9 Å². The van der Waals surface area contributed by atoms with Crippen molar-refractivity contribution in [1.82, 2.24) is 9.55 Å². The standard InChI is InChI=1S/C15H14N2O5Se/c18-11-6-7-17(15(20)16-11)12-9-23-13(22-12)8-21-14(19)10-4-2-1-3-5-10/h1-7,12-13H,8-9H2,(H,16,18,20)/t12-,13+/m1/s1. The van der Waals surface area contributed by atoms with Crippen LogP contribution in [0.5, 0.6) is 0 Å². The fourth-order valence-corrected chi connectivity index (χ4v) is 4.21. The van der Waals surface area contributed by atoms with Gasteiger partial charge < -0.3 is 0 Å². The molecule has 7 nitrogen and oxygen atoms in total. The maximum absolute atomic E-state index is 11.9. The Labute approximate surface area is 137 Å². The first-order valence-electron chi connectivity index (χ1n) is 6.94. The number of aromatic nitrogens is 2. The SMILES string of the molecule is O=C(OC[C@H]1O[C@@H](n2ccc(=O)[nH]c2=O)C[Se]1)c1ccccc1. The van der Waals surface area contributed by atoms with Gasteiger partial charge in [-0.3, -0.25) is 0 Å². The molecule has 1 aromatic carbocycles. The Morgan fingerprint density at radius 1 is 1.30 bits per heavy atom. The zero-order valence-electron chi connectivity index (χ0n) is 12.0. The molecule has 0 aliphatic carbocycles. The molecule has 0 amide bonds. The second kappa shape index (κ2) is 6.95. The summed E-state index contributed by atoms with van der Waals surface area (Å²) in [5.74, 6) is -0.394. The zero-order valence-corrected chi connectivity index (χ0v) is 13.7. The normalized spacial score (nSPS) is 20.3. The molecule has 8 heteroatoms. The van der Waals surface area contributed by atoms with Crippen molar-refractivity contribution in [2.45, 2.75) is 16.5 Å². The Morgan fingerprint density at radius 2 is 2.09 bits per heavy atom. The number of nitrogens with zero attached hydrogens (tertiary/aromatic N) is 1. The van der Waals surface area contributed by atoms with E-state index in [2.05, 4.69) is 4.98 Å². The molecule has 0 spiro atoms. The van der Waals surface area contributed by atoms with Crippen LogP contribution in [0.4, 0.5) is 0 Å². The summed E-state index contributed by atoms with van der Waals surface area (Å²) in [6.45, 7) is 0.155. The predicted molar refractivity (Wildman–Crippen MR) is 82.5 cm³/mol. The number of hydrogen-bond donors (Lipinski definition) is 1. The van der Waals surface area contributed by atoms with E-state index < -0.39 is 23.4 Å². The molecule has 2 aromatic rings. The summed E-state index contributed by atoms with van der Waals surface area (Å²) in [6.07, 6.45) is 0.986. The van der Waals surface area contributed by atoms with Crippen LogP contribution < -0.4 is 11.2 Å². The van der Waals surface area contributed by atoms with Gasteiger partial charge >= 0.3 is 137 Å². The average Bonchev–Trinajstić information content (AvgIpc) is 3.02. The van der Waals surface area contributed by atoms with Crippen LogP contribution in [-0.2, 0) is 9.47 Å². The first-order chi connectivity index (χ1) is 11.1. The molecule has 0 unspecified atom stereocenters. The van der Waals surface area contributed by atoms with Gasteiger partial charge in [-0.05, 0) is 0 Å². The number of H-pyrrole nitrogens is 1. The quantitative estimate of drug-likeness (QED) is 0.611. The number of benzene rings is 1. The van der Waals surface area contributed by atoms with Gasteiger partial charge in [0.1, 0.15) is 0 Å². The van der Waals surface area contributed by atoms with Gasteiger partial charge in [-0.25, -0.2) is 0 Å². The van der Waals surface area contributed by atoms with Gasteiger partial charge in [-0.2, -0.15) is 0 Å². The third kappa shape index (κ3) is 3.79. The number of aromatic amines is 1. The third-order valence-corrected chi connectivity index (χ3v) is 5.56. The second-order valence-corrected chi connectivity index (χ2v) is 7.34. The van der Waals surface area contributed by atoms with Gasteiger partial charge in [-0.1, -0.05) is 0 Å². The van der Waals surface area contributed by atoms with E-state index in [0.717, 1.165) is 0 Å². The van der Waals surface area contributed by atoms with E-state index in [1.807, 2.05) is 6.07 Å². The van der Waals surface area contributed by atoms with Gasteiger partial charge in [0, 0.05) is 0 Å². The van der Waals surface area contributed by atoms with E-state index in [4.69, 9.17) is 9.47 Å². The first-order valence-corrected chi connectivity index (χ1v) is 9.14. The van der Waals surface area contributed by atoms with Crippen LogP contribution in [0, 0.1) is 0 Å². The molecular formula is C15H14N2O5Se. The fraction of sp³-hybridized carbons (Fsp3) is 0.267. The molecule has 1 saturated heterocycles. The predicted octanol–water partition coefficient (Wildman–Crippen LogP) is 0.371. The van der Waals surface area contributed by atoms with Crippen molar-refractivity contribution in [3.63, 3.8) is 0 Å². The maximum atomic E-state index is 11.9. The number of carbonyl (C=O) groups excluding carboxylic acids is 1. The molecule has 2 atom stereocenters. The Morgan fingerprint density at radius 3 is 2.83 bits per heavy atom. The van der Waals surface area contributed by atoms with Crippen molar-refractivity contribution in [3.05, 3.63) is 69.0 Å². The Kier molecular flexibility index (Phi) is 4.76. The van der Waals surface area contributed by atoms with Gasteiger partial charge in [0.25, 0.3) is 0 Å². The average molecular weight is 381 g/mol. The molecule has 1 fully saturated rings. The van der Waals surface area contributed by atoms with E-state index in [1.165, 1.54) is 16.8 Å². The first kappa shape index (κ1) is 15.7. The molecule has 0 bridgehead atoms. The van der Waals surface area contributed by atoms with Crippen LogP contribution in [0.15, 0.2) is 52.2 Å². The molecule has 3 rings (SSSR count). The topological polar surface area (TPSA) is 90.4 Å². The van der Waals surface area contributed by atoms with Crippen molar-refractivity contribution in [1.29, 1.82) is 0 Å². The number of nitrogens with one attached hydrogen (secondary N) is 1. The minimum atomic E-state index is -0.500. The summed E-state index contributed by atoms with van der Waals surface area (Å²) in [7, 11) is 0. The van der Waals surface area contributed by atoms with Crippen molar-refractivity contribution in [2.24, 2.45) is 0 Å². The van der Waals surface area contributed by atoms with Crippen LogP contribution in [0.25, 0.3) is 0 Å². The molecule has 23 heavy (non-hydrogen) atoms. The van der Waals surface area contributed by atoms with Crippen molar-refractivity contribution in [3.8, 4) is 0 Å². The molecule has 1 aliphatic heterocycles. The summed E-state index contributed by atoms with van der Waals surface area (Å²) in [5.41, 5.74) is -0.449. The van der Waals surface area contributed by atoms with Crippen LogP contribution in [0.1, 0.15) is 16.6 Å². The molecular weight excluding hydrogens is 367 g/mol. The Hall–Kier alpha value is -2.15. The van der Waals surface area contributed by atoms with Crippen LogP contribution in [0.2, 0.25) is 5.32 Å². The minimum absolute atomic E-state index is 0.0806. The van der Waals surface area contributed by atoms with Crippen molar-refractivity contribution < 1.29 is 14.3 Å². The van der Waals surface area contributed by atoms with Crippen LogP contribution in [-0.4, -0.2) is 42.1 Å². The summed E-state index contributed by atoms with van der Waals surface area (Å²) >= 11 is 0.0806. The number of esters is 1. The van der Waals surface area contributed by atoms with E-state index in [1.54, 1.807) is 24.3 Å². The van der Waals surface area contributed by atoms with Crippen molar-refractivity contribution >= 4 is 20.9 Å². The zero-order chi connectivity index (χ0) is 16.2. The summed E-state index contributed by atoms with van der Waals surface area (Å²) in [4.78, 5) is 36.9. The summed E-state index contributed by atoms with van der Waals surface area (Å²) in [6, 6.07) is 10.0. The van der Waals surface area contributed by atoms with Crippen molar-refractivity contribution in [2.75, 3.05) is 6.61 Å². The van der Waals surface area contributed by atoms with E-state index in [-0.39, 0.29) is 26.6 Å². The molecule has 120 valence electrons. The number of ether oxygens (including phenoxy) is 2. The Balaban J connectivity index is 1.57. The molecule has 1 aromatic heterocycles.